The highest BCUT2D eigenvalue weighted by Gasteiger charge is 2.14. The summed E-state index contributed by atoms with van der Waals surface area (Å²) >= 11 is 0. The summed E-state index contributed by atoms with van der Waals surface area (Å²) in [6, 6.07) is 7.80. The van der Waals surface area contributed by atoms with Gasteiger partial charge in [-0.15, -0.1) is 0 Å². The molecule has 0 atom stereocenters. The minimum absolute atomic E-state index is 0.0800. The molecule has 0 amide bonds. The number of nitrogens with zero attached hydrogens (tertiary/aromatic N) is 3. The summed E-state index contributed by atoms with van der Waals surface area (Å²) in [7, 11) is 0. The molecule has 0 aliphatic heterocycles. The molecular formula is C16H13N3O2. The van der Waals surface area contributed by atoms with E-state index in [2.05, 4.69) is 9.97 Å². The first-order valence-electron chi connectivity index (χ1n) is 6.68. The molecule has 0 radical (unpaired) electrons. The second-order valence-corrected chi connectivity index (χ2v) is 5.00. The van der Waals surface area contributed by atoms with Gasteiger partial charge in [0, 0.05) is 17.1 Å². The van der Waals surface area contributed by atoms with Gasteiger partial charge in [0.25, 0.3) is 0 Å². The number of hydrogen-bond donors (Lipinski definition) is 1. The van der Waals surface area contributed by atoms with Crippen molar-refractivity contribution >= 4 is 16.6 Å². The lowest BCUT2D eigenvalue weighted by Crippen LogP contribution is -1.96. The van der Waals surface area contributed by atoms with Crippen LogP contribution in [-0.2, 0) is 6.61 Å². The van der Waals surface area contributed by atoms with Gasteiger partial charge in [0.05, 0.1) is 36.1 Å². The highest BCUT2D eigenvalue weighted by Crippen LogP contribution is 2.28. The lowest BCUT2D eigenvalue weighted by atomic mass is 10.1. The van der Waals surface area contributed by atoms with Crippen molar-refractivity contribution in [2.45, 2.75) is 13.5 Å². The zero-order valence-electron chi connectivity index (χ0n) is 11.4. The highest BCUT2D eigenvalue weighted by atomic mass is 16.3. The Kier molecular flexibility index (Phi) is 2.55. The third kappa shape index (κ3) is 1.82. The number of fused-ring (bicyclic) bond motifs is 2. The summed E-state index contributed by atoms with van der Waals surface area (Å²) in [5.74, 6) is 0. The van der Waals surface area contributed by atoms with Crippen molar-refractivity contribution in [2.75, 3.05) is 0 Å². The Labute approximate surface area is 120 Å². The Hall–Kier alpha value is -2.66. The molecule has 0 saturated heterocycles. The predicted octanol–water partition coefficient (Wildman–Crippen LogP) is 2.94. The van der Waals surface area contributed by atoms with Gasteiger partial charge < -0.3 is 9.52 Å². The number of hydrogen-bond acceptors (Lipinski definition) is 4. The van der Waals surface area contributed by atoms with Gasteiger partial charge in [-0.25, -0.2) is 4.98 Å². The quantitative estimate of drug-likeness (QED) is 0.612. The summed E-state index contributed by atoms with van der Waals surface area (Å²) in [5, 5.41) is 10.7. The van der Waals surface area contributed by atoms with Crippen LogP contribution in [0.1, 0.15) is 11.4 Å². The number of benzene rings is 1. The van der Waals surface area contributed by atoms with E-state index in [-0.39, 0.29) is 6.61 Å². The standard InChI is InChI=1S/C16H13N3O2/c1-10-8-19-13(9-20)16(18-15(19)7-17-10)12-2-3-14-11(6-12)4-5-21-14/h2-8,20H,9H2,1H3. The Morgan fingerprint density at radius 3 is 3.05 bits per heavy atom. The molecule has 3 aromatic heterocycles. The zero-order valence-corrected chi connectivity index (χ0v) is 11.4. The van der Waals surface area contributed by atoms with E-state index in [1.54, 1.807) is 12.5 Å². The second kappa shape index (κ2) is 4.43. The van der Waals surface area contributed by atoms with Gasteiger partial charge in [0.2, 0.25) is 0 Å². The van der Waals surface area contributed by atoms with Crippen molar-refractivity contribution in [3.05, 3.63) is 54.3 Å². The van der Waals surface area contributed by atoms with Gasteiger partial charge in [0.1, 0.15) is 5.58 Å². The minimum atomic E-state index is -0.0800. The first-order valence-corrected chi connectivity index (χ1v) is 6.68. The molecule has 0 aliphatic carbocycles. The summed E-state index contributed by atoms with van der Waals surface area (Å²) in [6.45, 7) is 1.83. The van der Waals surface area contributed by atoms with Gasteiger partial charge in [-0.1, -0.05) is 0 Å². The summed E-state index contributed by atoms with van der Waals surface area (Å²) in [4.78, 5) is 8.85. The molecule has 1 N–H and O–H groups in total. The van der Waals surface area contributed by atoms with Crippen LogP contribution in [0.15, 0.2) is 47.3 Å². The summed E-state index contributed by atoms with van der Waals surface area (Å²) in [6.07, 6.45) is 5.26. The van der Waals surface area contributed by atoms with Crippen LogP contribution in [0, 0.1) is 6.92 Å². The van der Waals surface area contributed by atoms with E-state index >= 15 is 0 Å². The van der Waals surface area contributed by atoms with Gasteiger partial charge in [-0.05, 0) is 31.2 Å². The Balaban J connectivity index is 2.00. The number of imidazole rings is 1. The van der Waals surface area contributed by atoms with Crippen molar-refractivity contribution in [3.8, 4) is 11.3 Å². The molecular weight excluding hydrogens is 266 g/mol. The smallest absolute Gasteiger partial charge is 0.156 e. The largest absolute Gasteiger partial charge is 0.464 e. The van der Waals surface area contributed by atoms with Crippen LogP contribution >= 0.6 is 0 Å². The molecule has 4 rings (SSSR count). The Morgan fingerprint density at radius 2 is 2.19 bits per heavy atom. The maximum Gasteiger partial charge on any atom is 0.156 e. The fourth-order valence-electron chi connectivity index (χ4n) is 2.60. The molecule has 0 spiro atoms. The van der Waals surface area contributed by atoms with Crippen LogP contribution < -0.4 is 0 Å². The molecule has 21 heavy (non-hydrogen) atoms. The molecule has 0 saturated carbocycles. The molecule has 0 bridgehead atoms. The number of rotatable bonds is 2. The number of aliphatic hydroxyl groups is 1. The van der Waals surface area contributed by atoms with E-state index in [4.69, 9.17) is 4.42 Å². The molecule has 0 unspecified atom stereocenters. The highest BCUT2D eigenvalue weighted by molar-refractivity contribution is 5.83. The van der Waals surface area contributed by atoms with Gasteiger partial charge in [-0.2, -0.15) is 0 Å². The SMILES string of the molecule is Cc1cn2c(CO)c(-c3ccc4occc4c3)nc2cn1. The number of aryl methyl sites for hydroxylation is 1. The fourth-order valence-corrected chi connectivity index (χ4v) is 2.60. The van der Waals surface area contributed by atoms with E-state index in [0.717, 1.165) is 39.3 Å². The average molecular weight is 279 g/mol. The Morgan fingerprint density at radius 1 is 1.29 bits per heavy atom. The zero-order chi connectivity index (χ0) is 14.4. The first-order chi connectivity index (χ1) is 10.3. The van der Waals surface area contributed by atoms with Crippen LogP contribution in [0.2, 0.25) is 0 Å². The fraction of sp³-hybridized carbons (Fsp3) is 0.125. The third-order valence-corrected chi connectivity index (χ3v) is 3.61. The van der Waals surface area contributed by atoms with Crippen molar-refractivity contribution < 1.29 is 9.52 Å². The number of aromatic nitrogens is 3. The molecule has 0 fully saturated rings. The Bertz CT molecular complexity index is 953. The van der Waals surface area contributed by atoms with E-state index in [1.807, 2.05) is 41.8 Å². The first kappa shape index (κ1) is 12.1. The minimum Gasteiger partial charge on any atom is -0.464 e. The average Bonchev–Trinajstić information content (AvgIpc) is 3.09. The van der Waals surface area contributed by atoms with Crippen molar-refractivity contribution in [1.29, 1.82) is 0 Å². The summed E-state index contributed by atoms with van der Waals surface area (Å²) in [5.41, 5.74) is 4.93. The van der Waals surface area contributed by atoms with Crippen molar-refractivity contribution in [1.82, 2.24) is 14.4 Å². The molecule has 5 nitrogen and oxygen atoms in total. The molecule has 0 aliphatic rings. The topological polar surface area (TPSA) is 63.6 Å². The van der Waals surface area contributed by atoms with Gasteiger partial charge >= 0.3 is 0 Å². The van der Waals surface area contributed by atoms with Crippen LogP contribution in [0.3, 0.4) is 0 Å². The maximum atomic E-state index is 9.73. The lowest BCUT2D eigenvalue weighted by Gasteiger charge is -2.02. The number of aliphatic hydroxyl groups excluding tert-OH is 1. The third-order valence-electron chi connectivity index (χ3n) is 3.61. The van der Waals surface area contributed by atoms with Crippen molar-refractivity contribution in [3.63, 3.8) is 0 Å². The lowest BCUT2D eigenvalue weighted by molar-refractivity contribution is 0.276. The second-order valence-electron chi connectivity index (χ2n) is 5.00. The molecule has 4 aromatic rings. The molecule has 5 heteroatoms. The van der Waals surface area contributed by atoms with Crippen LogP contribution in [-0.4, -0.2) is 19.5 Å². The van der Waals surface area contributed by atoms with Crippen molar-refractivity contribution in [2.24, 2.45) is 0 Å². The van der Waals surface area contributed by atoms with Gasteiger partial charge in [-0.3, -0.25) is 9.38 Å². The maximum absolute atomic E-state index is 9.73. The van der Waals surface area contributed by atoms with Gasteiger partial charge in [0.15, 0.2) is 5.65 Å². The summed E-state index contributed by atoms with van der Waals surface area (Å²) < 4.78 is 7.24. The molecule has 104 valence electrons. The van der Waals surface area contributed by atoms with Crippen LogP contribution in [0.25, 0.3) is 27.9 Å². The normalized spacial score (nSPS) is 11.5. The number of furan rings is 1. The van der Waals surface area contributed by atoms with E-state index in [0.29, 0.717) is 0 Å². The van der Waals surface area contributed by atoms with Crippen LogP contribution in [0.5, 0.6) is 0 Å². The monoisotopic (exact) mass is 279 g/mol. The van der Waals surface area contributed by atoms with Crippen LogP contribution in [0.4, 0.5) is 0 Å². The predicted molar refractivity (Wildman–Crippen MR) is 78.9 cm³/mol. The van der Waals surface area contributed by atoms with E-state index in [1.165, 1.54) is 0 Å². The molecule has 3 heterocycles. The van der Waals surface area contributed by atoms with E-state index < -0.39 is 0 Å². The molecule has 1 aromatic carbocycles. The van der Waals surface area contributed by atoms with E-state index in [9.17, 15) is 5.11 Å².